The van der Waals surface area contributed by atoms with Crippen molar-refractivity contribution in [1.29, 1.82) is 0 Å². The molecule has 0 bridgehead atoms. The van der Waals surface area contributed by atoms with Crippen LogP contribution in [0.2, 0.25) is 0 Å². The van der Waals surface area contributed by atoms with Gasteiger partial charge >= 0.3 is 0 Å². The lowest BCUT2D eigenvalue weighted by Crippen LogP contribution is -2.44. The zero-order valence-corrected chi connectivity index (χ0v) is 13.1. The Bertz CT molecular complexity index is 315. The molecule has 5 nitrogen and oxygen atoms in total. The Labute approximate surface area is 123 Å². The van der Waals surface area contributed by atoms with Gasteiger partial charge in [0.1, 0.15) is 0 Å². The van der Waals surface area contributed by atoms with E-state index in [9.17, 15) is 0 Å². The van der Waals surface area contributed by atoms with Gasteiger partial charge in [0.05, 0.1) is 13.2 Å². The summed E-state index contributed by atoms with van der Waals surface area (Å²) >= 11 is 0. The lowest BCUT2D eigenvalue weighted by Gasteiger charge is -2.32. The first kappa shape index (κ1) is 15.6. The molecular formula is C15H30N4O. The second-order valence-corrected chi connectivity index (χ2v) is 6.41. The Kier molecular flexibility index (Phi) is 6.10. The van der Waals surface area contributed by atoms with E-state index in [0.29, 0.717) is 5.92 Å². The third-order valence-corrected chi connectivity index (χ3v) is 4.22. The number of guanidine groups is 1. The molecule has 0 amide bonds. The van der Waals surface area contributed by atoms with Gasteiger partial charge in [-0.2, -0.15) is 0 Å². The second-order valence-electron chi connectivity index (χ2n) is 6.41. The highest BCUT2D eigenvalue weighted by molar-refractivity contribution is 5.78. The van der Waals surface area contributed by atoms with Crippen LogP contribution in [0.25, 0.3) is 0 Å². The molecule has 2 aliphatic rings. The third kappa shape index (κ3) is 4.94. The van der Waals surface area contributed by atoms with Crippen LogP contribution in [0, 0.1) is 11.8 Å². The number of morpholine rings is 1. The molecule has 0 spiro atoms. The molecule has 2 fully saturated rings. The maximum atomic E-state index is 6.13. The Balaban J connectivity index is 1.72. The quantitative estimate of drug-likeness (QED) is 0.617. The number of hydrogen-bond donors (Lipinski definition) is 1. The Morgan fingerprint density at radius 3 is 2.80 bits per heavy atom. The first-order valence-electron chi connectivity index (χ1n) is 8.00. The molecule has 0 radical (unpaired) electrons. The Morgan fingerprint density at radius 2 is 2.10 bits per heavy atom. The van der Waals surface area contributed by atoms with E-state index in [1.165, 1.54) is 12.8 Å². The van der Waals surface area contributed by atoms with Gasteiger partial charge in [0.25, 0.3) is 0 Å². The zero-order chi connectivity index (χ0) is 14.4. The van der Waals surface area contributed by atoms with Crippen molar-refractivity contribution < 1.29 is 4.74 Å². The SMILES string of the molecule is CC(CN=C(N)N1CCCC(C)C1)CN1CCOCC1. The van der Waals surface area contributed by atoms with Crippen molar-refractivity contribution in [3.05, 3.63) is 0 Å². The summed E-state index contributed by atoms with van der Waals surface area (Å²) < 4.78 is 5.37. The first-order valence-corrected chi connectivity index (χ1v) is 8.00. The molecule has 2 N–H and O–H groups in total. The van der Waals surface area contributed by atoms with E-state index in [2.05, 4.69) is 28.6 Å². The minimum atomic E-state index is 0.550. The number of likely N-dealkylation sites (tertiary alicyclic amines) is 1. The number of aliphatic imine (C=N–C) groups is 1. The molecule has 2 saturated heterocycles. The molecule has 5 heteroatoms. The lowest BCUT2D eigenvalue weighted by molar-refractivity contribution is 0.0323. The molecule has 0 aromatic carbocycles. The molecular weight excluding hydrogens is 252 g/mol. The van der Waals surface area contributed by atoms with E-state index in [-0.39, 0.29) is 0 Å². The van der Waals surface area contributed by atoms with Gasteiger partial charge in [0, 0.05) is 39.3 Å². The number of ether oxygens (including phenoxy) is 1. The summed E-state index contributed by atoms with van der Waals surface area (Å²) in [6, 6.07) is 0. The van der Waals surface area contributed by atoms with Gasteiger partial charge in [-0.25, -0.2) is 0 Å². The average Bonchev–Trinajstić information content (AvgIpc) is 2.46. The highest BCUT2D eigenvalue weighted by atomic mass is 16.5. The van der Waals surface area contributed by atoms with Gasteiger partial charge in [-0.15, -0.1) is 0 Å². The van der Waals surface area contributed by atoms with Crippen LogP contribution in [0.4, 0.5) is 0 Å². The molecule has 2 heterocycles. The monoisotopic (exact) mass is 282 g/mol. The Hall–Kier alpha value is -0.810. The number of nitrogens with two attached hydrogens (primary N) is 1. The van der Waals surface area contributed by atoms with E-state index >= 15 is 0 Å². The standard InChI is InChI=1S/C15H30N4O/c1-13-4-3-5-19(12-13)15(16)17-10-14(2)11-18-6-8-20-9-7-18/h13-14H,3-12H2,1-2H3,(H2,16,17). The first-order chi connectivity index (χ1) is 9.65. The molecule has 2 unspecified atom stereocenters. The van der Waals surface area contributed by atoms with Crippen LogP contribution in [-0.2, 0) is 4.74 Å². The molecule has 2 rings (SSSR count). The van der Waals surface area contributed by atoms with Gasteiger partial charge in [-0.05, 0) is 24.7 Å². The van der Waals surface area contributed by atoms with Crippen LogP contribution in [0.3, 0.4) is 0 Å². The Morgan fingerprint density at radius 1 is 1.35 bits per heavy atom. The van der Waals surface area contributed by atoms with Gasteiger partial charge in [-0.1, -0.05) is 13.8 Å². The van der Waals surface area contributed by atoms with Gasteiger partial charge in [-0.3, -0.25) is 9.89 Å². The van der Waals surface area contributed by atoms with Crippen molar-refractivity contribution in [2.75, 3.05) is 52.5 Å². The van der Waals surface area contributed by atoms with Crippen molar-refractivity contribution in [1.82, 2.24) is 9.80 Å². The molecule has 2 aliphatic heterocycles. The molecule has 2 atom stereocenters. The predicted octanol–water partition coefficient (Wildman–Crippen LogP) is 1.00. The summed E-state index contributed by atoms with van der Waals surface area (Å²) in [6.45, 7) is 12.4. The lowest BCUT2D eigenvalue weighted by atomic mass is 10.0. The number of nitrogens with zero attached hydrogens (tertiary/aromatic N) is 3. The van der Waals surface area contributed by atoms with Gasteiger partial charge in [0.2, 0.25) is 0 Å². The van der Waals surface area contributed by atoms with Crippen molar-refractivity contribution in [2.45, 2.75) is 26.7 Å². The van der Waals surface area contributed by atoms with Crippen LogP contribution in [0.15, 0.2) is 4.99 Å². The fourth-order valence-electron chi connectivity index (χ4n) is 3.03. The van der Waals surface area contributed by atoms with Crippen LogP contribution >= 0.6 is 0 Å². The number of rotatable bonds is 4. The van der Waals surface area contributed by atoms with Gasteiger partial charge < -0.3 is 15.4 Å². The fraction of sp³-hybridized carbons (Fsp3) is 0.933. The van der Waals surface area contributed by atoms with Crippen LogP contribution < -0.4 is 5.73 Å². The minimum absolute atomic E-state index is 0.550. The van der Waals surface area contributed by atoms with Crippen molar-refractivity contribution in [2.24, 2.45) is 22.6 Å². The topological polar surface area (TPSA) is 54.1 Å². The van der Waals surface area contributed by atoms with Crippen molar-refractivity contribution in [3.8, 4) is 0 Å². The number of hydrogen-bond acceptors (Lipinski definition) is 3. The van der Waals surface area contributed by atoms with E-state index in [0.717, 1.165) is 64.4 Å². The average molecular weight is 282 g/mol. The molecule has 20 heavy (non-hydrogen) atoms. The summed E-state index contributed by atoms with van der Waals surface area (Å²) in [5, 5.41) is 0. The largest absolute Gasteiger partial charge is 0.379 e. The summed E-state index contributed by atoms with van der Waals surface area (Å²) in [7, 11) is 0. The second kappa shape index (κ2) is 7.84. The van der Waals surface area contributed by atoms with Crippen molar-refractivity contribution >= 4 is 5.96 Å². The normalized spacial score (nSPS) is 27.6. The summed E-state index contributed by atoms with van der Waals surface area (Å²) in [4.78, 5) is 9.32. The van der Waals surface area contributed by atoms with Crippen molar-refractivity contribution in [3.63, 3.8) is 0 Å². The number of piperidine rings is 1. The summed E-state index contributed by atoms with van der Waals surface area (Å²) in [6.07, 6.45) is 2.55. The minimum Gasteiger partial charge on any atom is -0.379 e. The highest BCUT2D eigenvalue weighted by Gasteiger charge is 2.18. The summed E-state index contributed by atoms with van der Waals surface area (Å²) in [5.74, 6) is 2.03. The van der Waals surface area contributed by atoms with E-state index in [1.807, 2.05) is 0 Å². The predicted molar refractivity (Wildman–Crippen MR) is 82.9 cm³/mol. The molecule has 0 saturated carbocycles. The summed E-state index contributed by atoms with van der Waals surface area (Å²) in [5.41, 5.74) is 6.13. The van der Waals surface area contributed by atoms with Crippen LogP contribution in [-0.4, -0.2) is 68.2 Å². The van der Waals surface area contributed by atoms with Gasteiger partial charge in [0.15, 0.2) is 5.96 Å². The third-order valence-electron chi connectivity index (χ3n) is 4.22. The van der Waals surface area contributed by atoms with E-state index < -0.39 is 0 Å². The maximum absolute atomic E-state index is 6.13. The van der Waals surface area contributed by atoms with Crippen LogP contribution in [0.5, 0.6) is 0 Å². The van der Waals surface area contributed by atoms with Crippen LogP contribution in [0.1, 0.15) is 26.7 Å². The van der Waals surface area contributed by atoms with E-state index in [1.54, 1.807) is 0 Å². The maximum Gasteiger partial charge on any atom is 0.191 e. The van der Waals surface area contributed by atoms with E-state index in [4.69, 9.17) is 10.5 Å². The molecule has 0 aromatic rings. The smallest absolute Gasteiger partial charge is 0.191 e. The highest BCUT2D eigenvalue weighted by Crippen LogP contribution is 2.15. The fourth-order valence-corrected chi connectivity index (χ4v) is 3.03. The molecule has 0 aromatic heterocycles. The zero-order valence-electron chi connectivity index (χ0n) is 13.1. The molecule has 0 aliphatic carbocycles. The molecule has 116 valence electrons.